The van der Waals surface area contributed by atoms with Crippen LogP contribution < -0.4 is 29.4 Å². The fourth-order valence-electron chi connectivity index (χ4n) is 5.84. The maximum absolute atomic E-state index is 8.55. The van der Waals surface area contributed by atoms with Crippen molar-refractivity contribution in [2.75, 3.05) is 0 Å². The number of rotatable bonds is 2. The van der Waals surface area contributed by atoms with E-state index in [4.69, 9.17) is 38.5 Å². The molecule has 53 heavy (non-hydrogen) atoms. The quantitative estimate of drug-likeness (QED) is 0.182. The third-order valence-electron chi connectivity index (χ3n) is 7.74. The van der Waals surface area contributed by atoms with Crippen molar-refractivity contribution in [3.05, 3.63) is 170 Å². The van der Waals surface area contributed by atoms with Gasteiger partial charge in [-0.25, -0.2) is 0 Å². The first kappa shape index (κ1) is 46.5. The maximum atomic E-state index is 8.55. The van der Waals surface area contributed by atoms with Gasteiger partial charge in [0.1, 0.15) is 0 Å². The molecule has 13 heteroatoms. The fraction of sp³-hybridized carbons (Fsp3) is 0. The molecule has 0 saturated heterocycles. The number of phosphoric acid groups is 2. The third-order valence-corrected chi connectivity index (χ3v) is 7.74. The van der Waals surface area contributed by atoms with Crippen LogP contribution in [0.2, 0.25) is 0 Å². The van der Waals surface area contributed by atoms with Gasteiger partial charge < -0.3 is 38.5 Å². The van der Waals surface area contributed by atoms with Crippen molar-refractivity contribution in [1.82, 2.24) is 0 Å². The number of benzene rings is 8. The molecule has 252 valence electrons. The Morgan fingerprint density at radius 2 is 0.415 bits per heavy atom. The molecule has 0 spiro atoms. The van der Waals surface area contributed by atoms with E-state index >= 15 is 0 Å². The van der Waals surface area contributed by atoms with Gasteiger partial charge in [-0.1, -0.05) is 170 Å². The van der Waals surface area contributed by atoms with Crippen LogP contribution >= 0.6 is 15.6 Å². The first-order chi connectivity index (χ1) is 23.9. The summed E-state index contributed by atoms with van der Waals surface area (Å²) in [6, 6.07) is 60.4. The Kier molecular flexibility index (Phi) is 18.8. The molecule has 0 heterocycles. The second kappa shape index (κ2) is 21.4. The molecule has 0 aliphatic heterocycles. The first-order valence-corrected chi connectivity index (χ1v) is 18.2. The van der Waals surface area contributed by atoms with Crippen LogP contribution in [0.5, 0.6) is 0 Å². The van der Waals surface area contributed by atoms with E-state index in [0.29, 0.717) is 0 Å². The van der Waals surface area contributed by atoms with Crippen LogP contribution in [0.4, 0.5) is 0 Å². The van der Waals surface area contributed by atoms with Crippen molar-refractivity contribution < 1.29 is 38.5 Å². The number of fused-ring (bicyclic) bond motifs is 4. The zero-order valence-electron chi connectivity index (χ0n) is 28.4. The SMILES string of the molecule is O=P([O-])([O-])[O-].O=P([O-])([O-])[O-].[Mg+2].[Mg+2].[Mg+2].c1ccc2c(-c3cccc4ccccc34)cccc2c1.c1ccc2c(-c3cccc4ccccc34)cccc2c1. The van der Waals surface area contributed by atoms with E-state index in [9.17, 15) is 0 Å². The van der Waals surface area contributed by atoms with Crippen LogP contribution in [0.25, 0.3) is 65.3 Å². The minimum atomic E-state index is -5.39. The summed E-state index contributed by atoms with van der Waals surface area (Å²) >= 11 is 0. The molecule has 0 N–H and O–H groups in total. The van der Waals surface area contributed by atoms with Crippen LogP contribution in [0.15, 0.2) is 170 Å². The summed E-state index contributed by atoms with van der Waals surface area (Å²) in [6.45, 7) is 0. The topological polar surface area (TPSA) is 172 Å². The second-order valence-electron chi connectivity index (χ2n) is 11.0. The molecule has 0 saturated carbocycles. The Morgan fingerprint density at radius 1 is 0.264 bits per heavy atom. The van der Waals surface area contributed by atoms with E-state index in [1.54, 1.807) is 0 Å². The average molecular weight is 772 g/mol. The van der Waals surface area contributed by atoms with Gasteiger partial charge in [-0.2, -0.15) is 15.6 Å². The molecule has 0 bridgehead atoms. The summed E-state index contributed by atoms with van der Waals surface area (Å²) < 4.78 is 17.1. The summed E-state index contributed by atoms with van der Waals surface area (Å²) in [4.78, 5) is 51.3. The average Bonchev–Trinajstić information content (AvgIpc) is 3.10. The monoisotopic (exact) mass is 770 g/mol. The summed E-state index contributed by atoms with van der Waals surface area (Å²) in [5.74, 6) is 0. The standard InChI is InChI=1S/2C20H14.3Mg.2H3O4P/c2*1-3-11-17-15(7-1)9-5-13-19(17)20-14-6-10-16-8-2-4-12-18(16)20;;;;2*1-5(2,3)4/h2*1-14H;;;;2*(H3,1,2,3,4)/q;;3*+2;;/p-6. The molecule has 8 rings (SSSR count). The molecular formula is C40H28Mg3O8P2. The van der Waals surface area contributed by atoms with Gasteiger partial charge >= 0.3 is 69.2 Å². The molecule has 8 aromatic carbocycles. The summed E-state index contributed by atoms with van der Waals surface area (Å²) in [7, 11) is -10.8. The Balaban J connectivity index is 0.000000281. The molecule has 0 amide bonds. The van der Waals surface area contributed by atoms with E-state index < -0.39 is 15.6 Å². The molecule has 0 aromatic heterocycles. The van der Waals surface area contributed by atoms with Crippen LogP contribution in [0, 0.1) is 0 Å². The fourth-order valence-corrected chi connectivity index (χ4v) is 5.84. The number of hydrogen-bond acceptors (Lipinski definition) is 8. The molecule has 0 radical (unpaired) electrons. The zero-order chi connectivity index (χ0) is 35.7. The van der Waals surface area contributed by atoms with Crippen LogP contribution in [0.3, 0.4) is 0 Å². The van der Waals surface area contributed by atoms with Crippen molar-refractivity contribution in [1.29, 1.82) is 0 Å². The predicted octanol–water partition coefficient (Wildman–Crippen LogP) is 4.53. The first-order valence-electron chi connectivity index (χ1n) is 15.2. The molecule has 8 aromatic rings. The van der Waals surface area contributed by atoms with Crippen LogP contribution in [0.1, 0.15) is 0 Å². The van der Waals surface area contributed by atoms with E-state index in [1.165, 1.54) is 65.3 Å². The van der Waals surface area contributed by atoms with Gasteiger partial charge in [0.2, 0.25) is 0 Å². The zero-order valence-corrected chi connectivity index (χ0v) is 34.5. The van der Waals surface area contributed by atoms with Crippen molar-refractivity contribution >= 4 is 128 Å². The minimum absolute atomic E-state index is 0. The van der Waals surface area contributed by atoms with Gasteiger partial charge in [0, 0.05) is 0 Å². The van der Waals surface area contributed by atoms with Crippen molar-refractivity contribution in [3.8, 4) is 22.3 Å². The molecule has 0 fully saturated rings. The molecule has 0 unspecified atom stereocenters. The van der Waals surface area contributed by atoms with Gasteiger partial charge in [-0.05, 0) is 65.3 Å². The summed E-state index contributed by atoms with van der Waals surface area (Å²) in [5, 5.41) is 10.4. The van der Waals surface area contributed by atoms with E-state index in [2.05, 4.69) is 170 Å². The summed E-state index contributed by atoms with van der Waals surface area (Å²) in [5.41, 5.74) is 5.22. The molecular weight excluding hydrogens is 743 g/mol. The van der Waals surface area contributed by atoms with Crippen LogP contribution in [-0.2, 0) is 9.13 Å². The molecule has 8 nitrogen and oxygen atoms in total. The Hall–Kier alpha value is -2.68. The maximum Gasteiger partial charge on any atom is 2.00 e. The van der Waals surface area contributed by atoms with Crippen molar-refractivity contribution in [3.63, 3.8) is 0 Å². The second-order valence-corrected chi connectivity index (χ2v) is 12.8. The Bertz CT molecular complexity index is 2140. The Morgan fingerprint density at radius 3 is 0.604 bits per heavy atom. The molecule has 0 aliphatic carbocycles. The van der Waals surface area contributed by atoms with Gasteiger partial charge in [-0.3, -0.25) is 0 Å². The normalized spacial score (nSPS) is 10.5. The largest absolute Gasteiger partial charge is 2.00 e. The predicted molar refractivity (Wildman–Crippen MR) is 206 cm³/mol. The van der Waals surface area contributed by atoms with Crippen molar-refractivity contribution in [2.45, 2.75) is 0 Å². The van der Waals surface area contributed by atoms with Crippen molar-refractivity contribution in [2.24, 2.45) is 0 Å². The van der Waals surface area contributed by atoms with E-state index in [0.717, 1.165) is 0 Å². The molecule has 0 aliphatic rings. The van der Waals surface area contributed by atoms with E-state index in [1.807, 2.05) is 0 Å². The summed E-state index contributed by atoms with van der Waals surface area (Å²) in [6.07, 6.45) is 0. The van der Waals surface area contributed by atoms with Crippen LogP contribution in [-0.4, -0.2) is 69.2 Å². The van der Waals surface area contributed by atoms with Gasteiger partial charge in [0.25, 0.3) is 0 Å². The minimum Gasteiger partial charge on any atom is -0.822 e. The van der Waals surface area contributed by atoms with Gasteiger partial charge in [-0.15, -0.1) is 0 Å². The van der Waals surface area contributed by atoms with Gasteiger partial charge in [0.05, 0.1) is 0 Å². The smallest absolute Gasteiger partial charge is 0.822 e. The number of hydrogen-bond donors (Lipinski definition) is 0. The molecule has 0 atom stereocenters. The third kappa shape index (κ3) is 13.8. The Labute approximate surface area is 355 Å². The van der Waals surface area contributed by atoms with E-state index in [-0.39, 0.29) is 69.2 Å². The van der Waals surface area contributed by atoms with Gasteiger partial charge in [0.15, 0.2) is 0 Å².